The number of nitrogens with zero attached hydrogens (tertiary/aromatic N) is 4. The van der Waals surface area contributed by atoms with Crippen molar-refractivity contribution in [2.75, 3.05) is 46.4 Å². The van der Waals surface area contributed by atoms with Crippen LogP contribution in [0, 0.1) is 0 Å². The second-order valence-corrected chi connectivity index (χ2v) is 7.19. The predicted molar refractivity (Wildman–Crippen MR) is 92.2 cm³/mol. The first-order valence-electron chi connectivity index (χ1n) is 9.38. The molecule has 1 aromatic heterocycles. The van der Waals surface area contributed by atoms with Crippen molar-refractivity contribution in [3.05, 3.63) is 11.5 Å². The third-order valence-corrected chi connectivity index (χ3v) is 5.35. The van der Waals surface area contributed by atoms with E-state index in [1.807, 2.05) is 4.90 Å². The number of carbonyl (C=O) groups excluding carboxylic acids is 1. The molecule has 1 aromatic rings. The normalized spacial score (nSPS) is 22.0. The van der Waals surface area contributed by atoms with E-state index in [-0.39, 0.29) is 5.91 Å². The molecule has 7 heteroatoms. The van der Waals surface area contributed by atoms with Crippen molar-refractivity contribution in [3.63, 3.8) is 0 Å². The van der Waals surface area contributed by atoms with E-state index in [0.717, 1.165) is 44.7 Å². The molecule has 0 N–H and O–H groups in total. The molecule has 0 spiro atoms. The maximum atomic E-state index is 13.2. The Bertz CT molecular complexity index is 645. The smallest absolute Gasteiger partial charge is 0.276 e. The van der Waals surface area contributed by atoms with Crippen LogP contribution in [-0.4, -0.2) is 72.1 Å². The van der Waals surface area contributed by atoms with E-state index in [0.29, 0.717) is 43.0 Å². The van der Waals surface area contributed by atoms with Gasteiger partial charge in [-0.15, -0.1) is 0 Å². The van der Waals surface area contributed by atoms with Gasteiger partial charge < -0.3 is 19.3 Å². The quantitative estimate of drug-likeness (QED) is 0.812. The van der Waals surface area contributed by atoms with Gasteiger partial charge in [-0.05, 0) is 32.9 Å². The Hall–Kier alpha value is -1.89. The molecule has 136 valence electrons. The lowest BCUT2D eigenvalue weighted by Gasteiger charge is -2.25. The van der Waals surface area contributed by atoms with Crippen LogP contribution in [-0.2, 0) is 0 Å². The largest absolute Gasteiger partial charge is 0.483 e. The van der Waals surface area contributed by atoms with E-state index in [4.69, 9.17) is 9.47 Å². The van der Waals surface area contributed by atoms with Gasteiger partial charge in [0.1, 0.15) is 19.0 Å². The van der Waals surface area contributed by atoms with Crippen LogP contribution in [0.2, 0.25) is 0 Å². The number of hydrogen-bond acceptors (Lipinski definition) is 6. The van der Waals surface area contributed by atoms with Gasteiger partial charge in [-0.1, -0.05) is 12.8 Å². The zero-order valence-corrected chi connectivity index (χ0v) is 14.9. The van der Waals surface area contributed by atoms with Crippen LogP contribution in [0.5, 0.6) is 11.6 Å². The zero-order valence-electron chi connectivity index (χ0n) is 14.9. The number of ether oxygens (including phenoxy) is 2. The third-order valence-electron chi connectivity index (χ3n) is 5.35. The number of aromatic nitrogens is 2. The van der Waals surface area contributed by atoms with Crippen molar-refractivity contribution in [1.82, 2.24) is 19.8 Å². The summed E-state index contributed by atoms with van der Waals surface area (Å²) in [6, 6.07) is 0. The van der Waals surface area contributed by atoms with Gasteiger partial charge in [0.15, 0.2) is 5.69 Å². The summed E-state index contributed by atoms with van der Waals surface area (Å²) in [7, 11) is 2.09. The van der Waals surface area contributed by atoms with E-state index in [1.165, 1.54) is 12.8 Å². The van der Waals surface area contributed by atoms with Gasteiger partial charge in [0.25, 0.3) is 11.8 Å². The first kappa shape index (κ1) is 16.6. The van der Waals surface area contributed by atoms with Crippen molar-refractivity contribution in [2.45, 2.75) is 38.0 Å². The second kappa shape index (κ2) is 7.15. The standard InChI is InChI=1S/C18H26N4O3/c1-21-7-4-8-22(10-9-21)18(23)14-15-17(25-12-11-24-15)20-16(19-14)13-5-2-3-6-13/h13H,2-12H2,1H3. The lowest BCUT2D eigenvalue weighted by molar-refractivity contribution is 0.0742. The van der Waals surface area contributed by atoms with Crippen molar-refractivity contribution in [1.29, 1.82) is 0 Å². The van der Waals surface area contributed by atoms with E-state index < -0.39 is 0 Å². The Morgan fingerprint density at radius 3 is 2.64 bits per heavy atom. The monoisotopic (exact) mass is 346 g/mol. The number of likely N-dealkylation sites (N-methyl/N-ethyl adjacent to an activating group) is 1. The van der Waals surface area contributed by atoms with Gasteiger partial charge in [0, 0.05) is 25.6 Å². The Labute approximate surface area is 148 Å². The topological polar surface area (TPSA) is 67.8 Å². The highest BCUT2D eigenvalue weighted by atomic mass is 16.6. The van der Waals surface area contributed by atoms with Gasteiger partial charge in [-0.2, -0.15) is 4.98 Å². The first-order valence-corrected chi connectivity index (χ1v) is 9.38. The number of rotatable bonds is 2. The molecule has 4 rings (SSSR count). The minimum atomic E-state index is -0.0568. The highest BCUT2D eigenvalue weighted by molar-refractivity contribution is 5.95. The maximum Gasteiger partial charge on any atom is 0.276 e. The van der Waals surface area contributed by atoms with Crippen molar-refractivity contribution < 1.29 is 14.3 Å². The molecule has 7 nitrogen and oxygen atoms in total. The van der Waals surface area contributed by atoms with Crippen molar-refractivity contribution in [2.24, 2.45) is 0 Å². The molecular weight excluding hydrogens is 320 g/mol. The number of amides is 1. The van der Waals surface area contributed by atoms with Crippen LogP contribution >= 0.6 is 0 Å². The fourth-order valence-electron chi connectivity index (χ4n) is 3.87. The van der Waals surface area contributed by atoms with Crippen molar-refractivity contribution >= 4 is 5.91 Å². The van der Waals surface area contributed by atoms with Gasteiger partial charge in [-0.25, -0.2) is 4.98 Å². The van der Waals surface area contributed by atoms with E-state index in [9.17, 15) is 4.79 Å². The molecule has 0 radical (unpaired) electrons. The molecule has 0 unspecified atom stereocenters. The summed E-state index contributed by atoms with van der Waals surface area (Å²) in [4.78, 5) is 26.6. The second-order valence-electron chi connectivity index (χ2n) is 7.19. The highest BCUT2D eigenvalue weighted by Gasteiger charge is 2.31. The molecule has 1 saturated heterocycles. The molecule has 1 aliphatic carbocycles. The fourth-order valence-corrected chi connectivity index (χ4v) is 3.87. The Kier molecular flexibility index (Phi) is 4.74. The van der Waals surface area contributed by atoms with Crippen LogP contribution in [0.15, 0.2) is 0 Å². The zero-order chi connectivity index (χ0) is 17.2. The molecule has 0 aromatic carbocycles. The number of fused-ring (bicyclic) bond motifs is 1. The summed E-state index contributed by atoms with van der Waals surface area (Å²) >= 11 is 0. The molecule has 3 aliphatic rings. The van der Waals surface area contributed by atoms with Crippen LogP contribution in [0.4, 0.5) is 0 Å². The van der Waals surface area contributed by atoms with Crippen LogP contribution in [0.1, 0.15) is 54.3 Å². The van der Waals surface area contributed by atoms with Gasteiger partial charge in [-0.3, -0.25) is 4.79 Å². The summed E-state index contributed by atoms with van der Waals surface area (Å²) in [6.45, 7) is 4.26. The van der Waals surface area contributed by atoms with E-state index in [1.54, 1.807) is 0 Å². The summed E-state index contributed by atoms with van der Waals surface area (Å²) in [5.74, 6) is 1.89. The summed E-state index contributed by atoms with van der Waals surface area (Å²) in [5, 5.41) is 0. The summed E-state index contributed by atoms with van der Waals surface area (Å²) in [5.41, 5.74) is 0.385. The maximum absolute atomic E-state index is 13.2. The lowest BCUT2D eigenvalue weighted by Crippen LogP contribution is -2.36. The van der Waals surface area contributed by atoms with Gasteiger partial charge in [0.05, 0.1) is 0 Å². The molecular formula is C18H26N4O3. The SMILES string of the molecule is CN1CCCN(C(=O)c2nc(C3CCCC3)nc3c2OCCO3)CC1. The number of hydrogen-bond donors (Lipinski definition) is 0. The van der Waals surface area contributed by atoms with E-state index in [2.05, 4.69) is 21.9 Å². The van der Waals surface area contributed by atoms with Gasteiger partial charge in [0.2, 0.25) is 5.75 Å². The molecule has 1 saturated carbocycles. The lowest BCUT2D eigenvalue weighted by atomic mass is 10.1. The molecule has 2 fully saturated rings. The van der Waals surface area contributed by atoms with Crippen LogP contribution < -0.4 is 9.47 Å². The van der Waals surface area contributed by atoms with E-state index >= 15 is 0 Å². The average Bonchev–Trinajstić information content (AvgIpc) is 3.09. The van der Waals surface area contributed by atoms with Crippen LogP contribution in [0.3, 0.4) is 0 Å². The molecule has 2 aliphatic heterocycles. The molecule has 0 bridgehead atoms. The first-order chi connectivity index (χ1) is 12.2. The summed E-state index contributed by atoms with van der Waals surface area (Å²) < 4.78 is 11.4. The molecule has 0 atom stereocenters. The molecule has 25 heavy (non-hydrogen) atoms. The van der Waals surface area contributed by atoms with Crippen LogP contribution in [0.25, 0.3) is 0 Å². The minimum Gasteiger partial charge on any atom is -0.483 e. The Morgan fingerprint density at radius 1 is 1.00 bits per heavy atom. The Morgan fingerprint density at radius 2 is 1.80 bits per heavy atom. The third kappa shape index (κ3) is 3.42. The average molecular weight is 346 g/mol. The molecule has 1 amide bonds. The predicted octanol–water partition coefficient (Wildman–Crippen LogP) is 1.68. The van der Waals surface area contributed by atoms with Gasteiger partial charge >= 0.3 is 0 Å². The highest BCUT2D eigenvalue weighted by Crippen LogP contribution is 2.37. The van der Waals surface area contributed by atoms with Crippen molar-refractivity contribution in [3.8, 4) is 11.6 Å². The number of carbonyl (C=O) groups is 1. The fraction of sp³-hybridized carbons (Fsp3) is 0.722. The summed E-state index contributed by atoms with van der Waals surface area (Å²) in [6.07, 6.45) is 5.54. The minimum absolute atomic E-state index is 0.0568. The Balaban J connectivity index is 1.66. The molecule has 3 heterocycles.